The van der Waals surface area contributed by atoms with Crippen molar-refractivity contribution in [2.75, 3.05) is 13.7 Å². The van der Waals surface area contributed by atoms with Crippen LogP contribution in [0.4, 0.5) is 0 Å². The molecule has 33 heavy (non-hydrogen) atoms. The van der Waals surface area contributed by atoms with Gasteiger partial charge in [0.2, 0.25) is 21.7 Å². The van der Waals surface area contributed by atoms with E-state index in [9.17, 15) is 23.1 Å². The molecule has 2 aromatic rings. The van der Waals surface area contributed by atoms with Crippen molar-refractivity contribution in [2.24, 2.45) is 5.73 Å². The number of nitrogen functional groups attached to an aromatic ring is 1. The third-order valence-electron chi connectivity index (χ3n) is 4.97. The summed E-state index contributed by atoms with van der Waals surface area (Å²) >= 11 is 0. The highest BCUT2D eigenvalue weighted by Crippen LogP contribution is 2.15. The Labute approximate surface area is 192 Å². The zero-order valence-corrected chi connectivity index (χ0v) is 19.0. The summed E-state index contributed by atoms with van der Waals surface area (Å²) in [5, 5.41) is 19.4. The molecule has 178 valence electrons. The quantitative estimate of drug-likeness (QED) is 0.125. The standard InChI is InChI=1S/C22H28N4O6S/c1-32-22(21(28)29,26-33(30,31)18-8-3-2-4-9-18)15-25-19(27)10-6-5-7-16-11-13-17(14-12-16)20(23)24/h2-4,8-9,11-14,26H,5-7,10,15H2,1H3,(H3,23,24)(H,25,27)(H,28,29)/t22-/m0/s1. The summed E-state index contributed by atoms with van der Waals surface area (Å²) in [6.45, 7) is -0.587. The van der Waals surface area contributed by atoms with Gasteiger partial charge in [-0.1, -0.05) is 42.5 Å². The SMILES string of the molecule is CO[C@](CNC(=O)CCCCc1ccc(C(=N)N)cc1)(NS(=O)(=O)c1ccccc1)C(=O)O. The number of unbranched alkanes of at least 4 members (excludes halogenated alkanes) is 1. The predicted octanol–water partition coefficient (Wildman–Crippen LogP) is 1.21. The molecule has 0 unspecified atom stereocenters. The average Bonchev–Trinajstić information content (AvgIpc) is 2.80. The number of nitrogens with two attached hydrogens (primary N) is 1. The number of aliphatic carboxylic acids is 1. The van der Waals surface area contributed by atoms with Crippen molar-refractivity contribution in [3.8, 4) is 0 Å². The molecule has 0 heterocycles. The van der Waals surface area contributed by atoms with E-state index in [1.54, 1.807) is 18.2 Å². The van der Waals surface area contributed by atoms with Crippen molar-refractivity contribution >= 4 is 27.7 Å². The number of carboxylic acid groups (broad SMARTS) is 1. The molecule has 0 aliphatic rings. The third-order valence-corrected chi connectivity index (χ3v) is 6.46. The minimum Gasteiger partial charge on any atom is -0.478 e. The van der Waals surface area contributed by atoms with E-state index in [0.29, 0.717) is 18.4 Å². The number of nitrogens with one attached hydrogen (secondary N) is 3. The Kier molecular flexibility index (Phi) is 9.09. The predicted molar refractivity (Wildman–Crippen MR) is 122 cm³/mol. The Morgan fingerprint density at radius 2 is 1.73 bits per heavy atom. The number of carboxylic acids is 1. The van der Waals surface area contributed by atoms with Crippen molar-refractivity contribution in [3.63, 3.8) is 0 Å². The van der Waals surface area contributed by atoms with E-state index in [4.69, 9.17) is 15.9 Å². The van der Waals surface area contributed by atoms with Crippen molar-refractivity contribution in [2.45, 2.75) is 36.3 Å². The Bertz CT molecular complexity index is 1070. The van der Waals surface area contributed by atoms with Crippen molar-refractivity contribution < 1.29 is 27.9 Å². The van der Waals surface area contributed by atoms with Crippen LogP contribution in [-0.4, -0.2) is 50.6 Å². The Hall–Kier alpha value is -3.28. The van der Waals surface area contributed by atoms with Crippen LogP contribution in [0.3, 0.4) is 0 Å². The van der Waals surface area contributed by atoms with Gasteiger partial charge in [0.25, 0.3) is 0 Å². The number of rotatable bonds is 13. The fourth-order valence-corrected chi connectivity index (χ4v) is 4.32. The molecule has 6 N–H and O–H groups in total. The molecule has 0 aromatic heterocycles. The number of carbonyl (C=O) groups is 2. The number of hydrogen-bond acceptors (Lipinski definition) is 6. The summed E-state index contributed by atoms with van der Waals surface area (Å²) in [7, 11) is -3.16. The molecule has 1 amide bonds. The van der Waals surface area contributed by atoms with Crippen LogP contribution in [0.25, 0.3) is 0 Å². The maximum Gasteiger partial charge on any atom is 0.354 e. The minimum absolute atomic E-state index is 0.00206. The molecular weight excluding hydrogens is 448 g/mol. The number of carbonyl (C=O) groups excluding carboxylic acids is 1. The molecule has 0 saturated heterocycles. The highest BCUT2D eigenvalue weighted by Gasteiger charge is 2.43. The second-order valence-corrected chi connectivity index (χ2v) is 9.03. The van der Waals surface area contributed by atoms with E-state index < -0.39 is 34.2 Å². The monoisotopic (exact) mass is 476 g/mol. The van der Waals surface area contributed by atoms with Gasteiger partial charge >= 0.3 is 5.97 Å². The number of hydrogen-bond donors (Lipinski definition) is 5. The van der Waals surface area contributed by atoms with E-state index in [2.05, 4.69) is 5.32 Å². The lowest BCUT2D eigenvalue weighted by Crippen LogP contribution is -2.61. The van der Waals surface area contributed by atoms with Crippen LogP contribution in [0.15, 0.2) is 59.5 Å². The largest absolute Gasteiger partial charge is 0.478 e. The number of amidine groups is 1. The Morgan fingerprint density at radius 3 is 2.27 bits per heavy atom. The molecule has 0 saturated carbocycles. The van der Waals surface area contributed by atoms with Gasteiger partial charge in [0, 0.05) is 19.1 Å². The molecule has 2 rings (SSSR count). The van der Waals surface area contributed by atoms with Crippen LogP contribution in [0.1, 0.15) is 30.4 Å². The highest BCUT2D eigenvalue weighted by atomic mass is 32.2. The first-order valence-electron chi connectivity index (χ1n) is 10.2. The Balaban J connectivity index is 1.89. The van der Waals surface area contributed by atoms with Crippen LogP contribution in [0.5, 0.6) is 0 Å². The maximum absolute atomic E-state index is 12.6. The summed E-state index contributed by atoms with van der Waals surface area (Å²) in [5.41, 5.74) is 4.75. The van der Waals surface area contributed by atoms with E-state index in [0.717, 1.165) is 19.1 Å². The number of sulfonamides is 1. The van der Waals surface area contributed by atoms with E-state index >= 15 is 0 Å². The first kappa shape index (κ1) is 26.0. The molecule has 0 bridgehead atoms. The van der Waals surface area contributed by atoms with Crippen molar-refractivity contribution in [3.05, 3.63) is 65.7 Å². The van der Waals surface area contributed by atoms with Gasteiger partial charge in [0.1, 0.15) is 5.84 Å². The molecule has 10 nitrogen and oxygen atoms in total. The summed E-state index contributed by atoms with van der Waals surface area (Å²) in [5.74, 6) is -2.01. The number of aryl methyl sites for hydroxylation is 1. The summed E-state index contributed by atoms with van der Waals surface area (Å²) in [4.78, 5) is 23.9. The van der Waals surface area contributed by atoms with E-state index in [-0.39, 0.29) is 17.2 Å². The molecule has 0 aliphatic heterocycles. The molecule has 11 heteroatoms. The lowest BCUT2D eigenvalue weighted by Gasteiger charge is -2.28. The van der Waals surface area contributed by atoms with E-state index in [1.165, 1.54) is 24.3 Å². The average molecular weight is 477 g/mol. The van der Waals surface area contributed by atoms with Crippen LogP contribution in [0, 0.1) is 5.41 Å². The minimum atomic E-state index is -4.21. The lowest BCUT2D eigenvalue weighted by atomic mass is 10.0. The van der Waals surface area contributed by atoms with Crippen LogP contribution >= 0.6 is 0 Å². The van der Waals surface area contributed by atoms with Crippen LogP contribution in [0.2, 0.25) is 0 Å². The van der Waals surface area contributed by atoms with Gasteiger partial charge in [-0.25, -0.2) is 13.2 Å². The fourth-order valence-electron chi connectivity index (χ4n) is 3.01. The maximum atomic E-state index is 12.6. The smallest absolute Gasteiger partial charge is 0.354 e. The van der Waals surface area contributed by atoms with Crippen molar-refractivity contribution in [1.82, 2.24) is 10.0 Å². The lowest BCUT2D eigenvalue weighted by molar-refractivity contribution is -0.163. The third kappa shape index (κ3) is 7.38. The normalized spacial score (nSPS) is 13.1. The molecule has 0 aliphatic carbocycles. The van der Waals surface area contributed by atoms with E-state index in [1.807, 2.05) is 16.9 Å². The first-order chi connectivity index (χ1) is 15.6. The van der Waals surface area contributed by atoms with Gasteiger partial charge in [0.15, 0.2) is 0 Å². The van der Waals surface area contributed by atoms with Gasteiger partial charge in [-0.2, -0.15) is 4.72 Å². The zero-order chi connectivity index (χ0) is 24.5. The van der Waals surface area contributed by atoms with Gasteiger partial charge in [-0.15, -0.1) is 0 Å². The van der Waals surface area contributed by atoms with Crippen LogP contribution in [-0.2, 0) is 30.8 Å². The number of ether oxygens (including phenoxy) is 1. The summed E-state index contributed by atoms with van der Waals surface area (Å²) in [6, 6.07) is 14.5. The molecule has 0 fully saturated rings. The number of benzene rings is 2. The molecular formula is C22H28N4O6S. The zero-order valence-electron chi connectivity index (χ0n) is 18.2. The highest BCUT2D eigenvalue weighted by molar-refractivity contribution is 7.89. The van der Waals surface area contributed by atoms with Crippen molar-refractivity contribution in [1.29, 1.82) is 5.41 Å². The van der Waals surface area contributed by atoms with Gasteiger partial charge < -0.3 is 20.9 Å². The second kappa shape index (κ2) is 11.5. The molecule has 0 spiro atoms. The topological polar surface area (TPSA) is 172 Å². The summed E-state index contributed by atoms with van der Waals surface area (Å²) < 4.78 is 32.2. The molecule has 0 radical (unpaired) electrons. The summed E-state index contributed by atoms with van der Waals surface area (Å²) in [6.07, 6.45) is 2.11. The number of methoxy groups -OCH3 is 1. The molecule has 2 aromatic carbocycles. The molecule has 1 atom stereocenters. The van der Waals surface area contributed by atoms with Crippen LogP contribution < -0.4 is 15.8 Å². The van der Waals surface area contributed by atoms with Gasteiger partial charge in [-0.3, -0.25) is 10.2 Å². The number of amides is 1. The van der Waals surface area contributed by atoms with Gasteiger partial charge in [-0.05, 0) is 37.0 Å². The van der Waals surface area contributed by atoms with Gasteiger partial charge in [0.05, 0.1) is 11.4 Å². The first-order valence-corrected chi connectivity index (χ1v) is 11.7. The fraction of sp³-hybridized carbons (Fsp3) is 0.318. The second-order valence-electron chi connectivity index (χ2n) is 7.35. The Morgan fingerprint density at radius 1 is 1.09 bits per heavy atom.